The van der Waals surface area contributed by atoms with Crippen LogP contribution in [0.15, 0.2) is 18.2 Å². The van der Waals surface area contributed by atoms with Crippen LogP contribution in [0.5, 0.6) is 0 Å². The van der Waals surface area contributed by atoms with Crippen molar-refractivity contribution in [1.82, 2.24) is 0 Å². The van der Waals surface area contributed by atoms with Gasteiger partial charge in [-0.15, -0.1) is 0 Å². The van der Waals surface area contributed by atoms with E-state index >= 15 is 0 Å². The zero-order chi connectivity index (χ0) is 12.3. The van der Waals surface area contributed by atoms with Gasteiger partial charge in [0.15, 0.2) is 0 Å². The van der Waals surface area contributed by atoms with E-state index in [0.29, 0.717) is 5.75 Å². The predicted octanol–water partition coefficient (Wildman–Crippen LogP) is 1.82. The summed E-state index contributed by atoms with van der Waals surface area (Å²) < 4.78 is 0. The SMILES string of the molecule is N[C@H](CSCc1ccc2c(c1)CCC2)C(=O)O. The van der Waals surface area contributed by atoms with E-state index in [1.165, 1.54) is 36.0 Å². The first-order valence-corrected chi connectivity index (χ1v) is 6.99. The minimum atomic E-state index is -0.925. The van der Waals surface area contributed by atoms with Gasteiger partial charge in [-0.25, -0.2) is 0 Å². The molecule has 17 heavy (non-hydrogen) atoms. The van der Waals surface area contributed by atoms with E-state index in [-0.39, 0.29) is 0 Å². The lowest BCUT2D eigenvalue weighted by Gasteiger charge is -2.07. The number of rotatable bonds is 5. The molecule has 1 aliphatic carbocycles. The zero-order valence-corrected chi connectivity index (χ0v) is 10.5. The van der Waals surface area contributed by atoms with Gasteiger partial charge in [-0.2, -0.15) is 11.8 Å². The summed E-state index contributed by atoms with van der Waals surface area (Å²) in [6.45, 7) is 0. The van der Waals surface area contributed by atoms with Crippen LogP contribution in [0.2, 0.25) is 0 Å². The smallest absolute Gasteiger partial charge is 0.321 e. The molecule has 0 aliphatic heterocycles. The summed E-state index contributed by atoms with van der Waals surface area (Å²) in [5.41, 5.74) is 9.66. The van der Waals surface area contributed by atoms with Gasteiger partial charge in [0.2, 0.25) is 0 Å². The average molecular weight is 251 g/mol. The summed E-state index contributed by atoms with van der Waals surface area (Å²) in [6, 6.07) is 5.84. The Kier molecular flexibility index (Phi) is 4.07. The van der Waals surface area contributed by atoms with Gasteiger partial charge in [-0.3, -0.25) is 4.79 Å². The first kappa shape index (κ1) is 12.5. The van der Waals surface area contributed by atoms with Gasteiger partial charge in [0.05, 0.1) is 0 Å². The molecule has 3 nitrogen and oxygen atoms in total. The molecule has 0 saturated heterocycles. The highest BCUT2D eigenvalue weighted by atomic mass is 32.2. The van der Waals surface area contributed by atoms with E-state index in [2.05, 4.69) is 18.2 Å². The summed E-state index contributed by atoms with van der Waals surface area (Å²) >= 11 is 1.58. The second-order valence-electron chi connectivity index (χ2n) is 4.42. The molecule has 3 N–H and O–H groups in total. The topological polar surface area (TPSA) is 63.3 Å². The Morgan fingerprint density at radius 3 is 2.94 bits per heavy atom. The Labute approximate surface area is 105 Å². The third-order valence-corrected chi connectivity index (χ3v) is 4.18. The van der Waals surface area contributed by atoms with Crippen LogP contribution in [0, 0.1) is 0 Å². The van der Waals surface area contributed by atoms with E-state index in [0.717, 1.165) is 5.75 Å². The molecule has 0 unspecified atom stereocenters. The van der Waals surface area contributed by atoms with Crippen LogP contribution >= 0.6 is 11.8 Å². The molecule has 92 valence electrons. The molecule has 4 heteroatoms. The molecule has 1 atom stereocenters. The van der Waals surface area contributed by atoms with Crippen molar-refractivity contribution in [3.8, 4) is 0 Å². The average Bonchev–Trinajstić information content (AvgIpc) is 2.75. The van der Waals surface area contributed by atoms with Crippen molar-refractivity contribution in [2.24, 2.45) is 5.73 Å². The van der Waals surface area contributed by atoms with Crippen LogP contribution in [-0.2, 0) is 23.4 Å². The number of carboxylic acid groups (broad SMARTS) is 1. The number of fused-ring (bicyclic) bond motifs is 1. The molecular weight excluding hydrogens is 234 g/mol. The molecule has 0 heterocycles. The molecule has 2 rings (SSSR count). The van der Waals surface area contributed by atoms with Crippen molar-refractivity contribution in [3.63, 3.8) is 0 Å². The molecule has 0 saturated carbocycles. The van der Waals surface area contributed by atoms with Crippen LogP contribution in [0.1, 0.15) is 23.1 Å². The lowest BCUT2D eigenvalue weighted by molar-refractivity contribution is -0.137. The van der Waals surface area contributed by atoms with Gasteiger partial charge >= 0.3 is 5.97 Å². The van der Waals surface area contributed by atoms with Crippen LogP contribution < -0.4 is 5.73 Å². The highest BCUT2D eigenvalue weighted by Gasteiger charge is 2.12. The summed E-state index contributed by atoms with van der Waals surface area (Å²) in [5.74, 6) is 0.382. The van der Waals surface area contributed by atoms with Gasteiger partial charge in [-0.05, 0) is 36.0 Å². The van der Waals surface area contributed by atoms with Crippen molar-refractivity contribution < 1.29 is 9.90 Å². The second-order valence-corrected chi connectivity index (χ2v) is 5.45. The first-order valence-electron chi connectivity index (χ1n) is 5.83. The molecule has 0 radical (unpaired) electrons. The van der Waals surface area contributed by atoms with Gasteiger partial charge in [0, 0.05) is 11.5 Å². The van der Waals surface area contributed by atoms with Gasteiger partial charge in [-0.1, -0.05) is 18.2 Å². The number of carboxylic acids is 1. The van der Waals surface area contributed by atoms with Crippen LogP contribution in [0.25, 0.3) is 0 Å². The molecule has 0 amide bonds. The lowest BCUT2D eigenvalue weighted by Crippen LogP contribution is -2.32. The highest BCUT2D eigenvalue weighted by Crippen LogP contribution is 2.24. The lowest BCUT2D eigenvalue weighted by atomic mass is 10.1. The number of nitrogens with two attached hydrogens (primary N) is 1. The van der Waals surface area contributed by atoms with Crippen molar-refractivity contribution >= 4 is 17.7 Å². The van der Waals surface area contributed by atoms with Crippen molar-refractivity contribution in [2.75, 3.05) is 5.75 Å². The Hall–Kier alpha value is -1.00. The Balaban J connectivity index is 1.85. The van der Waals surface area contributed by atoms with E-state index < -0.39 is 12.0 Å². The fraction of sp³-hybridized carbons (Fsp3) is 0.462. The largest absolute Gasteiger partial charge is 0.480 e. The van der Waals surface area contributed by atoms with E-state index in [4.69, 9.17) is 10.8 Å². The monoisotopic (exact) mass is 251 g/mol. The number of hydrogen-bond donors (Lipinski definition) is 2. The maximum Gasteiger partial charge on any atom is 0.321 e. The first-order chi connectivity index (χ1) is 8.16. The normalized spacial score (nSPS) is 15.6. The number of carbonyl (C=O) groups is 1. The van der Waals surface area contributed by atoms with Gasteiger partial charge in [0.25, 0.3) is 0 Å². The summed E-state index contributed by atoms with van der Waals surface area (Å²) in [6.07, 6.45) is 3.64. The zero-order valence-electron chi connectivity index (χ0n) is 9.69. The van der Waals surface area contributed by atoms with Crippen LogP contribution in [0.4, 0.5) is 0 Å². The van der Waals surface area contributed by atoms with E-state index in [1.807, 2.05) is 0 Å². The molecule has 1 aliphatic rings. The number of hydrogen-bond acceptors (Lipinski definition) is 3. The molecular formula is C13H17NO2S. The minimum Gasteiger partial charge on any atom is -0.480 e. The second kappa shape index (κ2) is 5.56. The Morgan fingerprint density at radius 1 is 1.41 bits per heavy atom. The van der Waals surface area contributed by atoms with Crippen LogP contribution in [-0.4, -0.2) is 22.9 Å². The van der Waals surface area contributed by atoms with Gasteiger partial charge < -0.3 is 10.8 Å². The maximum absolute atomic E-state index is 10.6. The molecule has 0 spiro atoms. The number of aliphatic carboxylic acids is 1. The van der Waals surface area contributed by atoms with Crippen molar-refractivity contribution in [2.45, 2.75) is 31.1 Å². The summed E-state index contributed by atoms with van der Waals surface area (Å²) in [4.78, 5) is 10.6. The van der Waals surface area contributed by atoms with E-state index in [9.17, 15) is 4.79 Å². The Bertz CT molecular complexity index is 420. The predicted molar refractivity (Wildman–Crippen MR) is 70.2 cm³/mol. The minimum absolute atomic E-state index is 0.465. The molecule has 0 aromatic heterocycles. The summed E-state index contributed by atoms with van der Waals surface area (Å²) in [5, 5.41) is 8.67. The molecule has 0 fully saturated rings. The summed E-state index contributed by atoms with van der Waals surface area (Å²) in [7, 11) is 0. The van der Waals surface area contributed by atoms with E-state index in [1.54, 1.807) is 11.8 Å². The number of aryl methyl sites for hydroxylation is 2. The third kappa shape index (κ3) is 3.23. The Morgan fingerprint density at radius 2 is 2.18 bits per heavy atom. The number of thioether (sulfide) groups is 1. The fourth-order valence-electron chi connectivity index (χ4n) is 2.09. The number of benzene rings is 1. The van der Waals surface area contributed by atoms with Gasteiger partial charge in [0.1, 0.15) is 6.04 Å². The fourth-order valence-corrected chi connectivity index (χ4v) is 3.02. The molecule has 1 aromatic rings. The third-order valence-electron chi connectivity index (χ3n) is 3.05. The van der Waals surface area contributed by atoms with Crippen molar-refractivity contribution in [1.29, 1.82) is 0 Å². The quantitative estimate of drug-likeness (QED) is 0.838. The van der Waals surface area contributed by atoms with Crippen LogP contribution in [0.3, 0.4) is 0 Å². The van der Waals surface area contributed by atoms with Crippen molar-refractivity contribution in [3.05, 3.63) is 34.9 Å². The highest BCUT2D eigenvalue weighted by molar-refractivity contribution is 7.98. The standard InChI is InChI=1S/C13H17NO2S/c14-12(13(15)16)8-17-7-9-4-5-10-2-1-3-11(10)6-9/h4-6,12H,1-3,7-8,14H2,(H,15,16)/t12-/m1/s1. The molecule has 0 bridgehead atoms. The maximum atomic E-state index is 10.6. The molecule has 1 aromatic carbocycles.